The summed E-state index contributed by atoms with van der Waals surface area (Å²) in [4.78, 5) is 3.02. The van der Waals surface area contributed by atoms with Crippen molar-refractivity contribution >= 4 is 5.82 Å². The van der Waals surface area contributed by atoms with E-state index in [0.29, 0.717) is 0 Å². The third-order valence-electron chi connectivity index (χ3n) is 2.92. The molecular formula is C13H24N2. The minimum absolute atomic E-state index is 0.848. The van der Waals surface area contributed by atoms with E-state index in [-0.39, 0.29) is 0 Å². The molecule has 0 saturated heterocycles. The van der Waals surface area contributed by atoms with Crippen molar-refractivity contribution in [2.24, 2.45) is 0 Å². The van der Waals surface area contributed by atoms with Gasteiger partial charge >= 0.3 is 0 Å². The van der Waals surface area contributed by atoms with Gasteiger partial charge in [0.15, 0.2) is 0 Å². The summed E-state index contributed by atoms with van der Waals surface area (Å²) in [7, 11) is 0. The van der Waals surface area contributed by atoms with Crippen molar-refractivity contribution < 1.29 is 0 Å². The van der Waals surface area contributed by atoms with Crippen LogP contribution in [-0.4, -0.2) is 4.98 Å². The van der Waals surface area contributed by atoms with Gasteiger partial charge in [0.05, 0.1) is 0 Å². The van der Waals surface area contributed by atoms with E-state index < -0.39 is 0 Å². The van der Waals surface area contributed by atoms with Crippen LogP contribution in [0.4, 0.5) is 5.82 Å². The first-order chi connectivity index (χ1) is 7.34. The molecule has 86 valence electrons. The minimum Gasteiger partial charge on any atom is -0.385 e. The third-order valence-corrected chi connectivity index (χ3v) is 2.92. The molecule has 0 bridgehead atoms. The van der Waals surface area contributed by atoms with Crippen molar-refractivity contribution in [2.45, 2.75) is 58.3 Å². The van der Waals surface area contributed by atoms with Gasteiger partial charge in [0, 0.05) is 6.20 Å². The maximum atomic E-state index is 5.77. The number of rotatable bonds is 8. The molecule has 2 heteroatoms. The van der Waals surface area contributed by atoms with E-state index in [4.69, 9.17) is 5.73 Å². The third kappa shape index (κ3) is 4.91. The number of hydrogen-bond donors (Lipinski definition) is 2. The van der Waals surface area contributed by atoms with Crippen LogP contribution in [0, 0.1) is 0 Å². The molecule has 0 aromatic carbocycles. The summed E-state index contributed by atoms with van der Waals surface area (Å²) in [5.74, 6) is 0.848. The van der Waals surface area contributed by atoms with E-state index in [1.807, 2.05) is 6.20 Å². The maximum Gasteiger partial charge on any atom is 0.103 e. The number of hydrogen-bond acceptors (Lipinski definition) is 1. The van der Waals surface area contributed by atoms with Gasteiger partial charge in [-0.2, -0.15) is 0 Å². The van der Waals surface area contributed by atoms with Gasteiger partial charge in [0.1, 0.15) is 5.82 Å². The highest BCUT2D eigenvalue weighted by Gasteiger charge is 1.98. The van der Waals surface area contributed by atoms with Crippen LogP contribution in [0.3, 0.4) is 0 Å². The molecule has 15 heavy (non-hydrogen) atoms. The summed E-state index contributed by atoms with van der Waals surface area (Å²) in [6.07, 6.45) is 12.6. The number of nitrogens with two attached hydrogens (primary N) is 1. The Morgan fingerprint density at radius 2 is 1.73 bits per heavy atom. The fraction of sp³-hybridized carbons (Fsp3) is 0.692. The van der Waals surface area contributed by atoms with E-state index >= 15 is 0 Å². The largest absolute Gasteiger partial charge is 0.385 e. The van der Waals surface area contributed by atoms with Crippen molar-refractivity contribution in [3.05, 3.63) is 17.8 Å². The van der Waals surface area contributed by atoms with Crippen LogP contribution < -0.4 is 5.73 Å². The Morgan fingerprint density at radius 3 is 2.33 bits per heavy atom. The zero-order chi connectivity index (χ0) is 10.9. The molecule has 0 amide bonds. The standard InChI is InChI=1S/C13H24N2/c1-2-3-4-5-6-7-8-9-12-10-11-15-13(12)14/h10-11,15H,2-9,14H2,1H3. The van der Waals surface area contributed by atoms with Crippen LogP contribution >= 0.6 is 0 Å². The Morgan fingerprint density at radius 1 is 1.07 bits per heavy atom. The highest BCUT2D eigenvalue weighted by molar-refractivity contribution is 5.39. The van der Waals surface area contributed by atoms with Crippen molar-refractivity contribution in [3.63, 3.8) is 0 Å². The monoisotopic (exact) mass is 208 g/mol. The molecule has 3 N–H and O–H groups in total. The highest BCUT2D eigenvalue weighted by atomic mass is 14.8. The van der Waals surface area contributed by atoms with Crippen molar-refractivity contribution in [1.29, 1.82) is 0 Å². The minimum atomic E-state index is 0.848. The van der Waals surface area contributed by atoms with Crippen molar-refractivity contribution in [2.75, 3.05) is 5.73 Å². The number of nitrogen functional groups attached to an aromatic ring is 1. The van der Waals surface area contributed by atoms with E-state index in [1.165, 1.54) is 50.5 Å². The number of H-pyrrole nitrogens is 1. The lowest BCUT2D eigenvalue weighted by Crippen LogP contribution is -1.91. The van der Waals surface area contributed by atoms with Gasteiger partial charge in [-0.1, -0.05) is 45.4 Å². The molecule has 0 fully saturated rings. The van der Waals surface area contributed by atoms with Gasteiger partial charge in [0.2, 0.25) is 0 Å². The van der Waals surface area contributed by atoms with Crippen molar-refractivity contribution in [3.8, 4) is 0 Å². The van der Waals surface area contributed by atoms with Crippen LogP contribution in [0.2, 0.25) is 0 Å². The number of aryl methyl sites for hydroxylation is 1. The fourth-order valence-electron chi connectivity index (χ4n) is 1.91. The van der Waals surface area contributed by atoms with Gasteiger partial charge in [-0.05, 0) is 24.5 Å². The summed E-state index contributed by atoms with van der Waals surface area (Å²) in [6, 6.07) is 2.09. The van der Waals surface area contributed by atoms with Crippen LogP contribution in [-0.2, 0) is 6.42 Å². The number of aromatic nitrogens is 1. The zero-order valence-electron chi connectivity index (χ0n) is 9.89. The topological polar surface area (TPSA) is 41.8 Å². The molecule has 0 aliphatic rings. The molecular weight excluding hydrogens is 184 g/mol. The Balaban J connectivity index is 1.96. The Labute approximate surface area is 93.3 Å². The molecule has 1 heterocycles. The number of nitrogens with one attached hydrogen (secondary N) is 1. The summed E-state index contributed by atoms with van der Waals surface area (Å²) < 4.78 is 0. The van der Waals surface area contributed by atoms with E-state index in [0.717, 1.165) is 12.2 Å². The summed E-state index contributed by atoms with van der Waals surface area (Å²) in [5, 5.41) is 0. The van der Waals surface area contributed by atoms with Crippen LogP contribution in [0.15, 0.2) is 12.3 Å². The Hall–Kier alpha value is -0.920. The predicted octanol–water partition coefficient (Wildman–Crippen LogP) is 3.89. The lowest BCUT2D eigenvalue weighted by Gasteiger charge is -2.01. The summed E-state index contributed by atoms with van der Waals surface area (Å²) >= 11 is 0. The molecule has 0 aliphatic heterocycles. The van der Waals surface area contributed by atoms with Crippen LogP contribution in [0.25, 0.3) is 0 Å². The van der Waals surface area contributed by atoms with E-state index in [9.17, 15) is 0 Å². The van der Waals surface area contributed by atoms with Gasteiger partial charge < -0.3 is 10.7 Å². The molecule has 0 spiro atoms. The van der Waals surface area contributed by atoms with Gasteiger partial charge in [-0.3, -0.25) is 0 Å². The molecule has 0 unspecified atom stereocenters. The molecule has 1 aromatic heterocycles. The normalized spacial score (nSPS) is 10.7. The second-order valence-electron chi connectivity index (χ2n) is 4.29. The van der Waals surface area contributed by atoms with Gasteiger partial charge in [-0.25, -0.2) is 0 Å². The number of aromatic amines is 1. The maximum absolute atomic E-state index is 5.77. The summed E-state index contributed by atoms with van der Waals surface area (Å²) in [5.41, 5.74) is 7.05. The predicted molar refractivity (Wildman–Crippen MR) is 66.9 cm³/mol. The molecule has 0 saturated carbocycles. The first kappa shape index (κ1) is 12.2. The second kappa shape index (κ2) is 7.38. The van der Waals surface area contributed by atoms with Crippen molar-refractivity contribution in [1.82, 2.24) is 4.98 Å². The van der Waals surface area contributed by atoms with E-state index in [2.05, 4.69) is 18.0 Å². The molecule has 0 atom stereocenters. The SMILES string of the molecule is CCCCCCCCCc1cc[nH]c1N. The fourth-order valence-corrected chi connectivity index (χ4v) is 1.91. The first-order valence-electron chi connectivity index (χ1n) is 6.26. The van der Waals surface area contributed by atoms with Gasteiger partial charge in [-0.15, -0.1) is 0 Å². The van der Waals surface area contributed by atoms with Crippen LogP contribution in [0.1, 0.15) is 57.4 Å². The number of anilines is 1. The molecule has 1 rings (SSSR count). The second-order valence-corrected chi connectivity index (χ2v) is 4.29. The lowest BCUT2D eigenvalue weighted by atomic mass is 10.1. The highest BCUT2D eigenvalue weighted by Crippen LogP contribution is 2.14. The average Bonchev–Trinajstić information content (AvgIpc) is 2.63. The molecule has 0 radical (unpaired) electrons. The molecule has 1 aromatic rings. The van der Waals surface area contributed by atoms with E-state index in [1.54, 1.807) is 0 Å². The Kier molecular flexibility index (Phi) is 5.98. The average molecular weight is 208 g/mol. The van der Waals surface area contributed by atoms with Crippen LogP contribution in [0.5, 0.6) is 0 Å². The van der Waals surface area contributed by atoms with Gasteiger partial charge in [0.25, 0.3) is 0 Å². The smallest absolute Gasteiger partial charge is 0.103 e. The lowest BCUT2D eigenvalue weighted by molar-refractivity contribution is 0.589. The molecule has 2 nitrogen and oxygen atoms in total. The zero-order valence-corrected chi connectivity index (χ0v) is 9.89. The first-order valence-corrected chi connectivity index (χ1v) is 6.26. The number of unbranched alkanes of at least 4 members (excludes halogenated alkanes) is 6. The molecule has 0 aliphatic carbocycles. The quantitative estimate of drug-likeness (QED) is 0.625. The Bertz CT molecular complexity index is 253. The summed E-state index contributed by atoms with van der Waals surface area (Å²) in [6.45, 7) is 2.26.